The van der Waals surface area contributed by atoms with Crippen molar-refractivity contribution in [2.45, 2.75) is 121 Å². The number of benzene rings is 4. The first-order valence-electron chi connectivity index (χ1n) is 24.4. The average Bonchev–Trinajstić information content (AvgIpc) is 3.95. The highest BCUT2D eigenvalue weighted by Crippen LogP contribution is 2.52. The summed E-state index contributed by atoms with van der Waals surface area (Å²) in [5.41, 5.74) is 6.73. The number of aromatic nitrogens is 2. The van der Waals surface area contributed by atoms with E-state index in [0.29, 0.717) is 29.7 Å². The Morgan fingerprint density at radius 1 is 0.889 bits per heavy atom. The van der Waals surface area contributed by atoms with Gasteiger partial charge in [0.05, 0.1) is 40.1 Å². The Balaban J connectivity index is 1.39. The number of rotatable bonds is 21. The maximum atomic E-state index is 14.1. The lowest BCUT2D eigenvalue weighted by atomic mass is 9.80. The van der Waals surface area contributed by atoms with Crippen molar-refractivity contribution in [3.63, 3.8) is 0 Å². The number of para-hydroxylation sites is 1. The van der Waals surface area contributed by atoms with Crippen molar-refractivity contribution in [3.8, 4) is 23.4 Å². The summed E-state index contributed by atoms with van der Waals surface area (Å²) in [6, 6.07) is 34.8. The van der Waals surface area contributed by atoms with E-state index in [1.165, 1.54) is 6.34 Å². The zero-order chi connectivity index (χ0) is 51.8. The van der Waals surface area contributed by atoms with Crippen molar-refractivity contribution in [2.75, 3.05) is 34.0 Å². The molecule has 3 heterocycles. The monoisotopic (exact) mass is 1020 g/mol. The van der Waals surface area contributed by atoms with Crippen LogP contribution in [0.15, 0.2) is 121 Å². The van der Waals surface area contributed by atoms with Gasteiger partial charge in [-0.15, -0.1) is 4.67 Å². The molecule has 3 N–H and O–H groups in total. The van der Waals surface area contributed by atoms with Gasteiger partial charge in [-0.1, -0.05) is 93.6 Å². The van der Waals surface area contributed by atoms with Crippen LogP contribution in [0.5, 0.6) is 17.2 Å². The van der Waals surface area contributed by atoms with Crippen LogP contribution >= 0.6 is 8.53 Å². The molecule has 0 bridgehead atoms. The molecule has 16 nitrogen and oxygen atoms in total. The van der Waals surface area contributed by atoms with E-state index in [0.717, 1.165) is 16.7 Å². The summed E-state index contributed by atoms with van der Waals surface area (Å²) in [6.07, 6.45) is 2.81. The summed E-state index contributed by atoms with van der Waals surface area (Å²) in [4.78, 5) is 28.3. The predicted octanol–water partition coefficient (Wildman–Crippen LogP) is 10.3. The number of ether oxygens (including phenoxy) is 5. The van der Waals surface area contributed by atoms with Gasteiger partial charge in [-0.05, 0) is 106 Å². The molecule has 7 rings (SSSR count). The second kappa shape index (κ2) is 23.0. The van der Waals surface area contributed by atoms with Crippen molar-refractivity contribution in [3.05, 3.63) is 143 Å². The van der Waals surface area contributed by atoms with E-state index in [-0.39, 0.29) is 36.0 Å². The number of nitrogens with two attached hydrogens (primary N) is 1. The SMILES string of the molecule is CCOP(O[C@H]1[C@@H](O[Si](C)(C)C(C)(C)C)[C@H](n2cnc3c2N=CNC3(N)C(=O)COc2ccccc2)O[C@@H]1COC(c1ccccc1)(c1ccc(OC)cc1)c1ccc(OC)cc1)N(C#[N+]C(C)C)C(C)C. The number of hydrogen-bond donors (Lipinski definition) is 2. The lowest BCUT2D eigenvalue weighted by Gasteiger charge is -2.41. The second-order valence-corrected chi connectivity index (χ2v) is 25.9. The lowest BCUT2D eigenvalue weighted by Crippen LogP contribution is -2.59. The molecule has 0 saturated carbocycles. The van der Waals surface area contributed by atoms with E-state index in [1.807, 2.05) is 124 Å². The molecule has 1 aromatic heterocycles. The number of ketones is 1. The van der Waals surface area contributed by atoms with Crippen LogP contribution in [-0.2, 0) is 39.0 Å². The fourth-order valence-electron chi connectivity index (χ4n) is 8.19. The van der Waals surface area contributed by atoms with Gasteiger partial charge in [-0.3, -0.25) is 24.1 Å². The van der Waals surface area contributed by atoms with Gasteiger partial charge in [0.1, 0.15) is 52.9 Å². The van der Waals surface area contributed by atoms with Crippen molar-refractivity contribution < 1.29 is 42.0 Å². The molecule has 2 aliphatic rings. The standard InChI is InChI=1S/C54H71N7O9PSi/c1-13-67-71(61(38(4)5)36-57-37(2)3)69-47-45(32-66-53(39-20-16-14-17-21-39,40-24-28-42(63-9)29-25-40)41-26-30-43(64-10)31-27-41)68-51(48(47)70-72(11,12)52(6,7)8)60-35-58-49-50(60)56-34-59-54(49,55)46(62)33-65-44-22-18-15-19-23-44/h14-31,34-35,37-38,45,47-48,51H,13,32-33,55H2,1-12H3,(H,56,59)/q+1/t45-,47-,48-,51-,54?,71?/m1/s1. The van der Waals surface area contributed by atoms with E-state index in [9.17, 15) is 4.79 Å². The Kier molecular flexibility index (Phi) is 17.3. The highest BCUT2D eigenvalue weighted by Gasteiger charge is 2.56. The molecule has 2 unspecified atom stereocenters. The molecule has 0 aliphatic carbocycles. The largest absolute Gasteiger partial charge is 0.497 e. The van der Waals surface area contributed by atoms with E-state index >= 15 is 0 Å². The molecule has 1 fully saturated rings. The van der Waals surface area contributed by atoms with Crippen molar-refractivity contribution in [1.82, 2.24) is 19.5 Å². The highest BCUT2D eigenvalue weighted by atomic mass is 31.2. The molecule has 72 heavy (non-hydrogen) atoms. The molecule has 0 amide bonds. The first-order valence-corrected chi connectivity index (χ1v) is 28.4. The molecular weight excluding hydrogens is 950 g/mol. The molecular formula is C54H71N7O9PSi+. The number of carbonyl (C=O) groups excluding carboxylic acids is 1. The predicted molar refractivity (Wildman–Crippen MR) is 283 cm³/mol. The van der Waals surface area contributed by atoms with Crippen LogP contribution in [0.3, 0.4) is 0 Å². The molecule has 1 saturated heterocycles. The van der Waals surface area contributed by atoms with Gasteiger partial charge in [0, 0.05) is 0 Å². The van der Waals surface area contributed by atoms with Crippen LogP contribution in [0.1, 0.15) is 84.0 Å². The molecule has 0 radical (unpaired) electrons. The third-order valence-electron chi connectivity index (χ3n) is 13.1. The van der Waals surface area contributed by atoms with Crippen molar-refractivity contribution in [1.29, 1.82) is 0 Å². The molecule has 4 aromatic carbocycles. The van der Waals surface area contributed by atoms with Crippen molar-refractivity contribution >= 4 is 34.8 Å². The third-order valence-corrected chi connectivity index (χ3v) is 19.4. The number of Topliss-reactive ketones (excluding diaryl/α,β-unsaturated/α-hetero) is 1. The maximum Gasteiger partial charge on any atom is 0.408 e. The number of fused-ring (bicyclic) bond motifs is 1. The average molecular weight is 1020 g/mol. The van der Waals surface area contributed by atoms with E-state index in [4.69, 9.17) is 52.9 Å². The van der Waals surface area contributed by atoms with E-state index < -0.39 is 58.4 Å². The van der Waals surface area contributed by atoms with E-state index in [1.54, 1.807) is 37.2 Å². The number of nitrogens with one attached hydrogen (secondary N) is 1. The quantitative estimate of drug-likeness (QED) is 0.0235. The van der Waals surface area contributed by atoms with Crippen LogP contribution in [0.4, 0.5) is 5.82 Å². The topological polar surface area (TPSA) is 167 Å². The molecule has 6 atom stereocenters. The summed E-state index contributed by atoms with van der Waals surface area (Å²) in [5, 5.41) is 2.73. The Hall–Kier alpha value is -5.67. The highest BCUT2D eigenvalue weighted by molar-refractivity contribution is 7.44. The molecule has 2 aliphatic heterocycles. The number of hydrogen-bond acceptors (Lipinski definition) is 14. The Labute approximate surface area is 427 Å². The zero-order valence-corrected chi connectivity index (χ0v) is 45.5. The third kappa shape index (κ3) is 11.6. The number of aliphatic imine (C=N–C) groups is 1. The lowest BCUT2D eigenvalue weighted by molar-refractivity contribution is -0.127. The number of nitrogens with zero attached hydrogens (tertiary/aromatic N) is 5. The Bertz CT molecular complexity index is 2610. The first kappa shape index (κ1) is 54.1. The minimum Gasteiger partial charge on any atom is -0.497 e. The normalized spacial score (nSPS) is 20.3. The minimum atomic E-state index is -2.69. The van der Waals surface area contributed by atoms with Crippen LogP contribution in [0, 0.1) is 6.19 Å². The van der Waals surface area contributed by atoms with Crippen LogP contribution in [0.25, 0.3) is 4.85 Å². The summed E-state index contributed by atoms with van der Waals surface area (Å²) in [7, 11) is -1.29. The minimum absolute atomic E-state index is 0.0237. The van der Waals surface area contributed by atoms with Crippen LogP contribution in [-0.4, -0.2) is 99.1 Å². The summed E-state index contributed by atoms with van der Waals surface area (Å²) >= 11 is 0. The summed E-state index contributed by atoms with van der Waals surface area (Å²) in [6.45, 7) is 20.9. The molecule has 0 spiro atoms. The van der Waals surface area contributed by atoms with Gasteiger partial charge in [0.25, 0.3) is 0 Å². The van der Waals surface area contributed by atoms with Gasteiger partial charge >= 0.3 is 14.7 Å². The smallest absolute Gasteiger partial charge is 0.408 e. The number of methoxy groups -OCH3 is 2. The van der Waals surface area contributed by atoms with Gasteiger partial charge in [-0.25, -0.2) is 9.98 Å². The number of imidazole rings is 1. The van der Waals surface area contributed by atoms with Gasteiger partial charge < -0.3 is 33.4 Å². The maximum absolute atomic E-state index is 14.1. The summed E-state index contributed by atoms with van der Waals surface area (Å²) in [5.74, 6) is 1.77. The fraction of sp³-hybridized carbons (Fsp3) is 0.444. The Morgan fingerprint density at radius 2 is 1.47 bits per heavy atom. The van der Waals surface area contributed by atoms with Crippen LogP contribution < -0.4 is 25.3 Å². The second-order valence-electron chi connectivity index (χ2n) is 19.8. The van der Waals surface area contributed by atoms with Crippen LogP contribution in [0.2, 0.25) is 18.1 Å². The molecule has 5 aromatic rings. The van der Waals surface area contributed by atoms with Gasteiger partial charge in [0.2, 0.25) is 5.78 Å². The van der Waals surface area contributed by atoms with Crippen molar-refractivity contribution in [2.24, 2.45) is 10.7 Å². The first-order chi connectivity index (χ1) is 34.4. The molecule has 384 valence electrons. The zero-order valence-electron chi connectivity index (χ0n) is 43.6. The summed E-state index contributed by atoms with van der Waals surface area (Å²) < 4.78 is 57.2. The fourth-order valence-corrected chi connectivity index (χ4v) is 11.0. The number of carbonyl (C=O) groups is 1. The van der Waals surface area contributed by atoms with Gasteiger partial charge in [-0.2, -0.15) is 4.85 Å². The van der Waals surface area contributed by atoms with E-state index in [2.05, 4.69) is 62.4 Å². The molecule has 18 heteroatoms. The van der Waals surface area contributed by atoms with Gasteiger partial charge in [0.15, 0.2) is 38.7 Å². The Morgan fingerprint density at radius 3 is 2.01 bits per heavy atom.